The van der Waals surface area contributed by atoms with Gasteiger partial charge in [0, 0.05) is 11.6 Å². The molecule has 3 nitrogen and oxygen atoms in total. The molecule has 1 rings (SSSR count). The van der Waals surface area contributed by atoms with Crippen molar-refractivity contribution in [2.45, 2.75) is 46.0 Å². The Balaban J connectivity index is 2.58. The normalized spacial score (nSPS) is 10.7. The van der Waals surface area contributed by atoms with Crippen molar-refractivity contribution in [2.75, 3.05) is 11.9 Å². The van der Waals surface area contributed by atoms with E-state index < -0.39 is 0 Å². The predicted octanol–water partition coefficient (Wildman–Crippen LogP) is 3.34. The number of carbonyl (C=O) groups is 1. The number of nitrogens with two attached hydrogens (primary N) is 1. The highest BCUT2D eigenvalue weighted by Crippen LogP contribution is 2.17. The summed E-state index contributed by atoms with van der Waals surface area (Å²) in [7, 11) is 0. The molecule has 0 aliphatic carbocycles. The van der Waals surface area contributed by atoms with Crippen LogP contribution in [0.25, 0.3) is 0 Å². The third-order valence-electron chi connectivity index (χ3n) is 3.30. The minimum absolute atomic E-state index is 0.138. The van der Waals surface area contributed by atoms with E-state index >= 15 is 0 Å². The molecule has 0 radical (unpaired) electrons. The average molecular weight is 262 g/mol. The highest BCUT2D eigenvalue weighted by atomic mass is 16.1. The Morgan fingerprint density at radius 1 is 1.16 bits per heavy atom. The summed E-state index contributed by atoms with van der Waals surface area (Å²) in [6.07, 6.45) is 4.90. The first-order valence-corrected chi connectivity index (χ1v) is 7.31. The van der Waals surface area contributed by atoms with E-state index in [0.29, 0.717) is 6.54 Å². The lowest BCUT2D eigenvalue weighted by Gasteiger charge is -2.15. The topological polar surface area (TPSA) is 55.1 Å². The van der Waals surface area contributed by atoms with Crippen LogP contribution in [0.5, 0.6) is 0 Å². The summed E-state index contributed by atoms with van der Waals surface area (Å²) in [5.41, 5.74) is 7.60. The van der Waals surface area contributed by atoms with Crippen LogP contribution in [0, 0.1) is 5.92 Å². The van der Waals surface area contributed by atoms with Gasteiger partial charge in [-0.3, -0.25) is 4.79 Å². The summed E-state index contributed by atoms with van der Waals surface area (Å²) >= 11 is 0. The number of hydrogen-bond acceptors (Lipinski definition) is 2. The summed E-state index contributed by atoms with van der Waals surface area (Å²) in [4.78, 5) is 12.2. The Hall–Kier alpha value is -1.35. The van der Waals surface area contributed by atoms with Gasteiger partial charge in [0.05, 0.1) is 0 Å². The van der Waals surface area contributed by atoms with Crippen molar-refractivity contribution in [3.63, 3.8) is 0 Å². The van der Waals surface area contributed by atoms with Crippen molar-refractivity contribution < 1.29 is 4.79 Å². The van der Waals surface area contributed by atoms with Crippen molar-refractivity contribution in [1.82, 2.24) is 0 Å². The monoisotopic (exact) mass is 262 g/mol. The number of amides is 1. The summed E-state index contributed by atoms with van der Waals surface area (Å²) in [6.45, 7) is 4.90. The highest BCUT2D eigenvalue weighted by molar-refractivity contribution is 5.92. The molecule has 0 fully saturated rings. The molecule has 19 heavy (non-hydrogen) atoms. The Bertz CT molecular complexity index is 367. The van der Waals surface area contributed by atoms with Crippen LogP contribution in [0.3, 0.4) is 0 Å². The first-order valence-electron chi connectivity index (χ1n) is 7.31. The Morgan fingerprint density at radius 2 is 1.74 bits per heavy atom. The molecule has 1 aromatic carbocycles. The maximum Gasteiger partial charge on any atom is 0.227 e. The van der Waals surface area contributed by atoms with Gasteiger partial charge in [-0.05, 0) is 43.5 Å². The first-order chi connectivity index (χ1) is 9.21. The van der Waals surface area contributed by atoms with Crippen LogP contribution in [0.4, 0.5) is 5.69 Å². The molecule has 0 aliphatic heterocycles. The van der Waals surface area contributed by atoms with Crippen molar-refractivity contribution in [3.05, 3.63) is 29.8 Å². The van der Waals surface area contributed by atoms with Crippen LogP contribution < -0.4 is 11.1 Å². The van der Waals surface area contributed by atoms with Gasteiger partial charge in [-0.15, -0.1) is 0 Å². The molecule has 0 heterocycles. The quantitative estimate of drug-likeness (QED) is 0.755. The maximum absolute atomic E-state index is 12.2. The molecule has 0 spiro atoms. The van der Waals surface area contributed by atoms with Crippen LogP contribution in [0.1, 0.15) is 45.1 Å². The fourth-order valence-corrected chi connectivity index (χ4v) is 2.27. The van der Waals surface area contributed by atoms with E-state index in [4.69, 9.17) is 5.73 Å². The fourth-order valence-electron chi connectivity index (χ4n) is 2.27. The van der Waals surface area contributed by atoms with Gasteiger partial charge in [0.1, 0.15) is 0 Å². The predicted molar refractivity (Wildman–Crippen MR) is 81.1 cm³/mol. The largest absolute Gasteiger partial charge is 0.330 e. The molecule has 0 saturated carbocycles. The van der Waals surface area contributed by atoms with Crippen LogP contribution >= 0.6 is 0 Å². The lowest BCUT2D eigenvalue weighted by atomic mass is 9.97. The van der Waals surface area contributed by atoms with Crippen LogP contribution in [0.15, 0.2) is 24.3 Å². The highest BCUT2D eigenvalue weighted by Gasteiger charge is 2.16. The van der Waals surface area contributed by atoms with Gasteiger partial charge in [0.15, 0.2) is 0 Å². The summed E-state index contributed by atoms with van der Waals surface area (Å²) in [5, 5.41) is 3.01. The smallest absolute Gasteiger partial charge is 0.227 e. The van der Waals surface area contributed by atoms with Gasteiger partial charge >= 0.3 is 0 Å². The number of hydrogen-bond donors (Lipinski definition) is 2. The first kappa shape index (κ1) is 15.7. The van der Waals surface area contributed by atoms with Crippen molar-refractivity contribution in [1.29, 1.82) is 0 Å². The molecule has 0 aliphatic rings. The Morgan fingerprint density at radius 3 is 2.21 bits per heavy atom. The van der Waals surface area contributed by atoms with E-state index in [0.717, 1.165) is 37.8 Å². The molecule has 0 unspecified atom stereocenters. The Labute approximate surface area is 116 Å². The van der Waals surface area contributed by atoms with Gasteiger partial charge in [-0.25, -0.2) is 0 Å². The van der Waals surface area contributed by atoms with Gasteiger partial charge < -0.3 is 11.1 Å². The third-order valence-corrected chi connectivity index (χ3v) is 3.30. The SMILES string of the molecule is CCCC(CCC)C(=O)Nc1ccc(CCN)cc1. The molecule has 0 saturated heterocycles. The number of carbonyl (C=O) groups excluding carboxylic acids is 1. The van der Waals surface area contributed by atoms with Gasteiger partial charge in [0.25, 0.3) is 0 Å². The number of nitrogens with one attached hydrogen (secondary N) is 1. The fraction of sp³-hybridized carbons (Fsp3) is 0.562. The number of anilines is 1. The third kappa shape index (κ3) is 5.43. The molecule has 106 valence electrons. The molecule has 3 heteroatoms. The molecule has 0 atom stereocenters. The molecule has 0 bridgehead atoms. The number of benzene rings is 1. The zero-order valence-electron chi connectivity index (χ0n) is 12.1. The van der Waals surface area contributed by atoms with E-state index in [1.807, 2.05) is 24.3 Å². The second-order valence-corrected chi connectivity index (χ2v) is 5.00. The van der Waals surface area contributed by atoms with Gasteiger partial charge in [-0.1, -0.05) is 38.8 Å². The van der Waals surface area contributed by atoms with Crippen LogP contribution in [-0.4, -0.2) is 12.5 Å². The van der Waals surface area contributed by atoms with Crippen molar-refractivity contribution >= 4 is 11.6 Å². The molecule has 1 aromatic rings. The summed E-state index contributed by atoms with van der Waals surface area (Å²) < 4.78 is 0. The minimum Gasteiger partial charge on any atom is -0.330 e. The average Bonchev–Trinajstić information content (AvgIpc) is 2.41. The molecule has 0 aromatic heterocycles. The molecule has 1 amide bonds. The second-order valence-electron chi connectivity index (χ2n) is 5.00. The standard InChI is InChI=1S/C16H26N2O/c1-3-5-14(6-4-2)16(19)18-15-9-7-13(8-10-15)11-12-17/h7-10,14H,3-6,11-12,17H2,1-2H3,(H,18,19). The van der Waals surface area contributed by atoms with Crippen molar-refractivity contribution in [3.8, 4) is 0 Å². The van der Waals surface area contributed by atoms with Crippen LogP contribution in [0.2, 0.25) is 0 Å². The molecular formula is C16H26N2O. The van der Waals surface area contributed by atoms with Gasteiger partial charge in [-0.2, -0.15) is 0 Å². The zero-order valence-corrected chi connectivity index (χ0v) is 12.1. The molecular weight excluding hydrogens is 236 g/mol. The zero-order chi connectivity index (χ0) is 14.1. The maximum atomic E-state index is 12.2. The van der Waals surface area contributed by atoms with Crippen LogP contribution in [-0.2, 0) is 11.2 Å². The second kappa shape index (κ2) is 8.70. The lowest BCUT2D eigenvalue weighted by molar-refractivity contribution is -0.120. The van der Waals surface area contributed by atoms with E-state index in [2.05, 4.69) is 19.2 Å². The lowest BCUT2D eigenvalue weighted by Crippen LogP contribution is -2.22. The van der Waals surface area contributed by atoms with E-state index in [-0.39, 0.29) is 11.8 Å². The molecule has 3 N–H and O–H groups in total. The van der Waals surface area contributed by atoms with E-state index in [1.54, 1.807) is 0 Å². The minimum atomic E-state index is 0.138. The summed E-state index contributed by atoms with van der Waals surface area (Å²) in [6, 6.07) is 7.96. The van der Waals surface area contributed by atoms with Gasteiger partial charge in [0.2, 0.25) is 5.91 Å². The Kier molecular flexibility index (Phi) is 7.19. The number of rotatable bonds is 8. The van der Waals surface area contributed by atoms with E-state index in [1.165, 1.54) is 5.56 Å². The van der Waals surface area contributed by atoms with Crippen molar-refractivity contribution in [2.24, 2.45) is 11.7 Å². The summed E-state index contributed by atoms with van der Waals surface area (Å²) in [5.74, 6) is 0.286. The van der Waals surface area contributed by atoms with E-state index in [9.17, 15) is 4.79 Å².